The van der Waals surface area contributed by atoms with Crippen molar-refractivity contribution in [3.63, 3.8) is 0 Å². The highest BCUT2D eigenvalue weighted by Crippen LogP contribution is 2.30. The fourth-order valence-corrected chi connectivity index (χ4v) is 3.41. The van der Waals surface area contributed by atoms with Crippen LogP contribution in [-0.4, -0.2) is 44.0 Å². The lowest BCUT2D eigenvalue weighted by Crippen LogP contribution is -2.40. The van der Waals surface area contributed by atoms with Gasteiger partial charge < -0.3 is 15.3 Å². The van der Waals surface area contributed by atoms with Gasteiger partial charge in [-0.05, 0) is 32.3 Å². The van der Waals surface area contributed by atoms with Gasteiger partial charge in [0, 0.05) is 23.8 Å². The molecule has 23 heavy (non-hydrogen) atoms. The summed E-state index contributed by atoms with van der Waals surface area (Å²) < 4.78 is 0. The Morgan fingerprint density at radius 1 is 1.48 bits per heavy atom. The summed E-state index contributed by atoms with van der Waals surface area (Å²) in [6.07, 6.45) is 6.31. The van der Waals surface area contributed by atoms with Crippen LogP contribution >= 0.6 is 11.3 Å². The third-order valence-corrected chi connectivity index (χ3v) is 4.65. The Hall–Kier alpha value is -2.06. The number of aliphatic hydroxyl groups excluding tert-OH is 1. The van der Waals surface area contributed by atoms with Gasteiger partial charge in [-0.15, -0.1) is 11.3 Å². The van der Waals surface area contributed by atoms with E-state index in [0.29, 0.717) is 12.5 Å². The Balaban J connectivity index is 1.81. The van der Waals surface area contributed by atoms with Gasteiger partial charge in [0.1, 0.15) is 6.61 Å². The van der Waals surface area contributed by atoms with Crippen molar-refractivity contribution in [2.75, 3.05) is 18.5 Å². The monoisotopic (exact) mass is 333 g/mol. The van der Waals surface area contributed by atoms with E-state index in [0.717, 1.165) is 35.0 Å². The van der Waals surface area contributed by atoms with Crippen molar-refractivity contribution in [2.45, 2.75) is 32.2 Å². The van der Waals surface area contributed by atoms with Gasteiger partial charge >= 0.3 is 0 Å². The highest BCUT2D eigenvalue weighted by Gasteiger charge is 2.28. The van der Waals surface area contributed by atoms with E-state index in [1.807, 2.05) is 13.0 Å². The second kappa shape index (κ2) is 7.01. The molecule has 1 amide bonds. The van der Waals surface area contributed by atoms with Crippen molar-refractivity contribution < 1.29 is 9.90 Å². The summed E-state index contributed by atoms with van der Waals surface area (Å²) in [5, 5.41) is 13.0. The van der Waals surface area contributed by atoms with Crippen molar-refractivity contribution >= 4 is 28.3 Å². The number of hydrogen-bond acceptors (Lipinski definition) is 7. The normalized spacial score (nSPS) is 18.0. The van der Waals surface area contributed by atoms with Crippen LogP contribution in [0.3, 0.4) is 0 Å². The fraction of sp³-hybridized carbons (Fsp3) is 0.467. The SMILES string of the molecule is Cc1cnc(Nc2nccc([C@@H]3CCCCN3C(=O)CO)n2)s1. The summed E-state index contributed by atoms with van der Waals surface area (Å²) in [7, 11) is 0. The average molecular weight is 333 g/mol. The molecule has 0 bridgehead atoms. The lowest BCUT2D eigenvalue weighted by atomic mass is 9.99. The Labute approximate surface area is 138 Å². The van der Waals surface area contributed by atoms with Crippen molar-refractivity contribution in [3.8, 4) is 0 Å². The maximum Gasteiger partial charge on any atom is 0.248 e. The molecule has 3 rings (SSSR count). The van der Waals surface area contributed by atoms with E-state index in [4.69, 9.17) is 5.11 Å². The molecule has 0 aromatic carbocycles. The first kappa shape index (κ1) is 15.8. The minimum absolute atomic E-state index is 0.106. The van der Waals surface area contributed by atoms with Crippen LogP contribution in [0, 0.1) is 6.92 Å². The predicted octanol–water partition coefficient (Wildman–Crippen LogP) is 2.03. The highest BCUT2D eigenvalue weighted by molar-refractivity contribution is 7.15. The van der Waals surface area contributed by atoms with Crippen LogP contribution in [0.2, 0.25) is 0 Å². The quantitative estimate of drug-likeness (QED) is 0.889. The first-order chi connectivity index (χ1) is 11.2. The fourth-order valence-electron chi connectivity index (χ4n) is 2.76. The zero-order valence-electron chi connectivity index (χ0n) is 12.9. The van der Waals surface area contributed by atoms with Gasteiger partial charge in [-0.3, -0.25) is 4.79 Å². The summed E-state index contributed by atoms with van der Waals surface area (Å²) in [6, 6.07) is 1.72. The minimum Gasteiger partial charge on any atom is -0.387 e. The molecule has 1 saturated heterocycles. The maximum absolute atomic E-state index is 11.9. The molecule has 0 aliphatic carbocycles. The maximum atomic E-state index is 11.9. The smallest absolute Gasteiger partial charge is 0.248 e. The summed E-state index contributed by atoms with van der Waals surface area (Å²) >= 11 is 1.53. The number of rotatable bonds is 4. The van der Waals surface area contributed by atoms with Crippen LogP contribution in [0.25, 0.3) is 0 Å². The number of carbonyl (C=O) groups is 1. The molecule has 3 heterocycles. The molecule has 1 fully saturated rings. The lowest BCUT2D eigenvalue weighted by molar-refractivity contribution is -0.138. The number of nitrogens with one attached hydrogen (secondary N) is 1. The number of aliphatic hydroxyl groups is 1. The Morgan fingerprint density at radius 2 is 2.35 bits per heavy atom. The molecule has 8 heteroatoms. The van der Waals surface area contributed by atoms with Crippen molar-refractivity contribution in [1.29, 1.82) is 0 Å². The molecule has 1 aliphatic heterocycles. The van der Waals surface area contributed by atoms with Crippen LogP contribution in [0.5, 0.6) is 0 Å². The number of amides is 1. The lowest BCUT2D eigenvalue weighted by Gasteiger charge is -2.35. The van der Waals surface area contributed by atoms with Gasteiger partial charge in [-0.25, -0.2) is 15.0 Å². The number of nitrogens with zero attached hydrogens (tertiary/aromatic N) is 4. The Bertz CT molecular complexity index is 690. The number of anilines is 2. The zero-order valence-corrected chi connectivity index (χ0v) is 13.7. The van der Waals surface area contributed by atoms with Crippen LogP contribution in [0.15, 0.2) is 18.5 Å². The van der Waals surface area contributed by atoms with Crippen molar-refractivity contribution in [1.82, 2.24) is 19.9 Å². The number of aromatic nitrogens is 3. The first-order valence-electron chi connectivity index (χ1n) is 7.60. The topological polar surface area (TPSA) is 91.2 Å². The van der Waals surface area contributed by atoms with Crippen LogP contribution in [0.4, 0.5) is 11.1 Å². The second-order valence-corrected chi connectivity index (χ2v) is 6.70. The molecule has 0 radical (unpaired) electrons. The van der Waals surface area contributed by atoms with E-state index in [1.54, 1.807) is 17.3 Å². The molecule has 1 atom stereocenters. The number of likely N-dealkylation sites (tertiary alicyclic amines) is 1. The number of aryl methyl sites for hydroxylation is 1. The molecule has 2 aromatic heterocycles. The second-order valence-electron chi connectivity index (χ2n) is 5.46. The van der Waals surface area contributed by atoms with E-state index >= 15 is 0 Å². The van der Waals surface area contributed by atoms with E-state index in [9.17, 15) is 4.79 Å². The Kier molecular flexibility index (Phi) is 4.82. The van der Waals surface area contributed by atoms with Gasteiger partial charge in [-0.1, -0.05) is 0 Å². The molecule has 122 valence electrons. The number of carbonyl (C=O) groups excluding carboxylic acids is 1. The third-order valence-electron chi connectivity index (χ3n) is 3.82. The first-order valence-corrected chi connectivity index (χ1v) is 8.42. The molecule has 1 aliphatic rings. The van der Waals surface area contributed by atoms with Gasteiger partial charge in [-0.2, -0.15) is 0 Å². The highest BCUT2D eigenvalue weighted by atomic mass is 32.1. The average Bonchev–Trinajstić information content (AvgIpc) is 2.99. The van der Waals surface area contributed by atoms with Crippen LogP contribution < -0.4 is 5.32 Å². The van der Waals surface area contributed by atoms with E-state index in [1.165, 1.54) is 11.3 Å². The van der Waals surface area contributed by atoms with E-state index < -0.39 is 6.61 Å². The summed E-state index contributed by atoms with van der Waals surface area (Å²) in [6.45, 7) is 2.17. The summed E-state index contributed by atoms with van der Waals surface area (Å²) in [4.78, 5) is 27.8. The third kappa shape index (κ3) is 3.65. The summed E-state index contributed by atoms with van der Waals surface area (Å²) in [5.74, 6) is 0.220. The molecule has 0 spiro atoms. The summed E-state index contributed by atoms with van der Waals surface area (Å²) in [5.41, 5.74) is 0.789. The van der Waals surface area contributed by atoms with E-state index in [2.05, 4.69) is 20.3 Å². The molecule has 0 unspecified atom stereocenters. The van der Waals surface area contributed by atoms with Gasteiger partial charge in [0.05, 0.1) is 11.7 Å². The van der Waals surface area contributed by atoms with Gasteiger partial charge in [0.2, 0.25) is 11.9 Å². The number of hydrogen-bond donors (Lipinski definition) is 2. The molecule has 2 aromatic rings. The van der Waals surface area contributed by atoms with Crippen LogP contribution in [0.1, 0.15) is 35.9 Å². The number of thiazole rings is 1. The largest absolute Gasteiger partial charge is 0.387 e. The predicted molar refractivity (Wildman–Crippen MR) is 87.6 cm³/mol. The molecular formula is C15H19N5O2S. The zero-order chi connectivity index (χ0) is 16.2. The van der Waals surface area contributed by atoms with Gasteiger partial charge in [0.25, 0.3) is 0 Å². The molecular weight excluding hydrogens is 314 g/mol. The van der Waals surface area contributed by atoms with Gasteiger partial charge in [0.15, 0.2) is 5.13 Å². The van der Waals surface area contributed by atoms with Crippen molar-refractivity contribution in [3.05, 3.63) is 29.0 Å². The van der Waals surface area contributed by atoms with E-state index in [-0.39, 0.29) is 11.9 Å². The standard InChI is InChI=1S/C15H19N5O2S/c1-10-8-17-15(23-10)19-14-16-6-5-11(18-14)12-4-2-3-7-20(12)13(22)9-21/h5-6,8,12,21H,2-4,7,9H2,1H3,(H,16,17,18,19)/t12-/m0/s1. The minimum atomic E-state index is -0.467. The van der Waals surface area contributed by atoms with Crippen LogP contribution in [-0.2, 0) is 4.79 Å². The number of piperidine rings is 1. The molecule has 0 saturated carbocycles. The Morgan fingerprint density at radius 3 is 3.09 bits per heavy atom. The molecule has 7 nitrogen and oxygen atoms in total. The molecule has 2 N–H and O–H groups in total. The van der Waals surface area contributed by atoms with Crippen molar-refractivity contribution in [2.24, 2.45) is 0 Å².